The Morgan fingerprint density at radius 2 is 2.00 bits per heavy atom. The van der Waals surface area contributed by atoms with E-state index in [4.69, 9.17) is 21.3 Å². The summed E-state index contributed by atoms with van der Waals surface area (Å²) < 4.78 is 48.0. The summed E-state index contributed by atoms with van der Waals surface area (Å²) in [7, 11) is 2.03. The van der Waals surface area contributed by atoms with Crippen LogP contribution in [0.15, 0.2) is 18.2 Å². The van der Waals surface area contributed by atoms with Gasteiger partial charge in [-0.2, -0.15) is 28.4 Å². The van der Waals surface area contributed by atoms with Crippen LogP contribution >= 0.6 is 11.6 Å². The highest BCUT2D eigenvalue weighted by molar-refractivity contribution is 6.31. The third-order valence-corrected chi connectivity index (χ3v) is 8.38. The lowest BCUT2D eigenvalue weighted by Gasteiger charge is -2.41. The Labute approximate surface area is 240 Å². The normalized spacial score (nSPS) is 21.5. The summed E-state index contributed by atoms with van der Waals surface area (Å²) in [6.07, 6.45) is -3.30. The molecule has 1 aromatic carbocycles. The number of nitrogens with zero attached hydrogens (tertiary/aromatic N) is 7. The highest BCUT2D eigenvalue weighted by Crippen LogP contribution is 2.43. The van der Waals surface area contributed by atoms with Gasteiger partial charge in [0.1, 0.15) is 12.4 Å². The molecule has 14 heteroatoms. The molecule has 3 aliphatic heterocycles. The van der Waals surface area contributed by atoms with Crippen molar-refractivity contribution >= 4 is 29.2 Å². The number of rotatable bonds is 6. The first-order chi connectivity index (χ1) is 19.6. The molecule has 0 aliphatic carbocycles. The van der Waals surface area contributed by atoms with Crippen molar-refractivity contribution in [2.24, 2.45) is 0 Å². The molecule has 1 amide bonds. The van der Waals surface area contributed by atoms with E-state index in [1.807, 2.05) is 11.9 Å². The number of hydrogen-bond acceptors (Lipinski definition) is 8. The Kier molecular flexibility index (Phi) is 8.33. The molecule has 0 bridgehead atoms. The summed E-state index contributed by atoms with van der Waals surface area (Å²) in [5, 5.41) is 18.6. The number of anilines is 2. The van der Waals surface area contributed by atoms with Crippen LogP contribution in [0.2, 0.25) is 5.02 Å². The van der Waals surface area contributed by atoms with Gasteiger partial charge < -0.3 is 29.4 Å². The molecule has 3 aliphatic rings. The van der Waals surface area contributed by atoms with E-state index in [9.17, 15) is 28.3 Å². The van der Waals surface area contributed by atoms with Gasteiger partial charge in [0.25, 0.3) is 0 Å². The molecule has 2 atom stereocenters. The van der Waals surface area contributed by atoms with Crippen LogP contribution in [-0.4, -0.2) is 89.4 Å². The number of likely N-dealkylation sites (N-methyl/N-ethyl adjacent to an activating group) is 1. The number of hydrogen-bond donors (Lipinski definition) is 1. The predicted octanol–water partition coefficient (Wildman–Crippen LogP) is 4.27. The van der Waals surface area contributed by atoms with Crippen molar-refractivity contribution in [3.8, 4) is 12.1 Å². The quantitative estimate of drug-likeness (QED) is 0.525. The molecule has 220 valence electrons. The topological polar surface area (TPSA) is 109 Å². The zero-order valence-electron chi connectivity index (χ0n) is 22.6. The van der Waals surface area contributed by atoms with E-state index in [0.29, 0.717) is 31.1 Å². The van der Waals surface area contributed by atoms with Gasteiger partial charge in [-0.25, -0.2) is 4.79 Å². The Hall–Kier alpha value is -3.50. The maximum absolute atomic E-state index is 14.0. The van der Waals surface area contributed by atoms with E-state index in [2.05, 4.69) is 16.0 Å². The van der Waals surface area contributed by atoms with Gasteiger partial charge >= 0.3 is 18.3 Å². The third kappa shape index (κ3) is 6.08. The minimum Gasteiger partial charge on any atom is -0.465 e. The number of aromatic nitrogens is 2. The molecular formula is C27H31ClF3N7O3. The number of benzene rings is 1. The van der Waals surface area contributed by atoms with Gasteiger partial charge in [0, 0.05) is 37.8 Å². The molecule has 10 nitrogen and oxygen atoms in total. The van der Waals surface area contributed by atoms with Gasteiger partial charge in [0.15, 0.2) is 0 Å². The molecule has 5 rings (SSSR count). The van der Waals surface area contributed by atoms with Crippen molar-refractivity contribution in [2.75, 3.05) is 56.2 Å². The molecule has 0 radical (unpaired) electrons. The first-order valence-corrected chi connectivity index (χ1v) is 13.9. The van der Waals surface area contributed by atoms with Crippen molar-refractivity contribution in [1.82, 2.24) is 19.8 Å². The molecule has 0 spiro atoms. The molecule has 2 aromatic rings. The van der Waals surface area contributed by atoms with Crippen molar-refractivity contribution < 1.29 is 27.8 Å². The summed E-state index contributed by atoms with van der Waals surface area (Å²) in [4.78, 5) is 28.2. The van der Waals surface area contributed by atoms with Crippen LogP contribution in [0, 0.1) is 11.3 Å². The van der Waals surface area contributed by atoms with E-state index in [1.54, 1.807) is 4.90 Å². The fraction of sp³-hybridized carbons (Fsp3) is 0.556. The van der Waals surface area contributed by atoms with E-state index in [-0.39, 0.29) is 55.4 Å². The lowest BCUT2D eigenvalue weighted by Crippen LogP contribution is -2.55. The van der Waals surface area contributed by atoms with Crippen molar-refractivity contribution in [3.63, 3.8) is 0 Å². The number of piperazine rings is 1. The van der Waals surface area contributed by atoms with E-state index in [0.717, 1.165) is 24.9 Å². The summed E-state index contributed by atoms with van der Waals surface area (Å²) in [5.41, 5.74) is 0.419. The van der Waals surface area contributed by atoms with Gasteiger partial charge in [-0.05, 0) is 45.0 Å². The van der Waals surface area contributed by atoms with Gasteiger partial charge in [0.2, 0.25) is 0 Å². The van der Waals surface area contributed by atoms with E-state index >= 15 is 0 Å². The smallest absolute Gasteiger partial charge is 0.419 e. The van der Waals surface area contributed by atoms with Crippen LogP contribution < -0.4 is 14.5 Å². The number of amides is 1. The molecule has 1 aromatic heterocycles. The Morgan fingerprint density at radius 3 is 2.68 bits per heavy atom. The average Bonchev–Trinajstić information content (AvgIpc) is 3.34. The van der Waals surface area contributed by atoms with Crippen molar-refractivity contribution in [2.45, 2.75) is 50.5 Å². The molecule has 2 saturated heterocycles. The fourth-order valence-electron chi connectivity index (χ4n) is 5.92. The number of alkyl halides is 3. The SMILES string of the molecule is CN1CCCC1COc1nc2c(c(N3CCN(C(=O)O)C(CC#N)C3)n1)CCN(c1cccc(Cl)c1C(F)(F)F)C2. The number of ether oxygens (including phenoxy) is 1. The maximum Gasteiger partial charge on any atom is 0.419 e. The van der Waals surface area contributed by atoms with Crippen LogP contribution in [-0.2, 0) is 19.1 Å². The maximum atomic E-state index is 14.0. The standard InChI is InChI=1S/C27H31ClF3N7O3/c1-35-10-3-4-18(35)16-41-25-33-21-15-36(22-6-2-5-20(28)23(22)27(29,30)31)11-8-19(21)24(34-25)37-12-13-38(26(39)40)17(14-37)7-9-32/h2,5-6,17-18H,3-4,7-8,10-16H2,1H3,(H,39,40). The Bertz CT molecular complexity index is 1340. The number of carboxylic acid groups (broad SMARTS) is 1. The van der Waals surface area contributed by atoms with E-state index in [1.165, 1.54) is 23.1 Å². The fourth-order valence-corrected chi connectivity index (χ4v) is 6.19. The Morgan fingerprint density at radius 1 is 1.20 bits per heavy atom. The van der Waals surface area contributed by atoms with Crippen LogP contribution in [0.5, 0.6) is 6.01 Å². The third-order valence-electron chi connectivity index (χ3n) is 8.07. The van der Waals surface area contributed by atoms with Crippen LogP contribution in [0.25, 0.3) is 0 Å². The predicted molar refractivity (Wildman–Crippen MR) is 145 cm³/mol. The first kappa shape index (κ1) is 29.0. The lowest BCUT2D eigenvalue weighted by atomic mass is 10.0. The van der Waals surface area contributed by atoms with Crippen LogP contribution in [0.4, 0.5) is 29.5 Å². The average molecular weight is 594 g/mol. The second kappa shape index (κ2) is 11.8. The molecule has 4 heterocycles. The number of fused-ring (bicyclic) bond motifs is 1. The Balaban J connectivity index is 1.49. The molecular weight excluding hydrogens is 563 g/mol. The zero-order chi connectivity index (χ0) is 29.3. The molecule has 2 fully saturated rings. The number of likely N-dealkylation sites (tertiary alicyclic amines) is 1. The summed E-state index contributed by atoms with van der Waals surface area (Å²) in [5.74, 6) is 0.569. The van der Waals surface area contributed by atoms with Gasteiger partial charge in [0.05, 0.1) is 47.0 Å². The second-order valence-corrected chi connectivity index (χ2v) is 11.0. The first-order valence-electron chi connectivity index (χ1n) is 13.5. The second-order valence-electron chi connectivity index (χ2n) is 10.6. The highest BCUT2D eigenvalue weighted by atomic mass is 35.5. The minimum absolute atomic E-state index is 0.0185. The molecule has 1 N–H and O–H groups in total. The molecule has 2 unspecified atom stereocenters. The number of halogens is 4. The largest absolute Gasteiger partial charge is 0.465 e. The van der Waals surface area contributed by atoms with E-state index < -0.39 is 23.9 Å². The van der Waals surface area contributed by atoms with Crippen LogP contribution in [0.3, 0.4) is 0 Å². The highest BCUT2D eigenvalue weighted by Gasteiger charge is 2.39. The zero-order valence-corrected chi connectivity index (χ0v) is 23.3. The van der Waals surface area contributed by atoms with Gasteiger partial charge in [-0.3, -0.25) is 0 Å². The summed E-state index contributed by atoms with van der Waals surface area (Å²) in [6.45, 7) is 2.49. The molecule has 0 saturated carbocycles. The van der Waals surface area contributed by atoms with Crippen LogP contribution in [0.1, 0.15) is 36.1 Å². The summed E-state index contributed by atoms with van der Waals surface area (Å²) in [6, 6.07) is 5.98. The van der Waals surface area contributed by atoms with Crippen molar-refractivity contribution in [1.29, 1.82) is 5.26 Å². The van der Waals surface area contributed by atoms with Gasteiger partial charge in [-0.1, -0.05) is 17.7 Å². The monoisotopic (exact) mass is 593 g/mol. The number of nitriles is 1. The van der Waals surface area contributed by atoms with Gasteiger partial charge in [-0.15, -0.1) is 0 Å². The van der Waals surface area contributed by atoms with Crippen molar-refractivity contribution in [3.05, 3.63) is 40.0 Å². The lowest BCUT2D eigenvalue weighted by molar-refractivity contribution is -0.137. The number of carbonyl (C=O) groups is 1. The minimum atomic E-state index is -4.63. The summed E-state index contributed by atoms with van der Waals surface area (Å²) >= 11 is 6.00. The molecule has 41 heavy (non-hydrogen) atoms.